The number of hydrogen-bond acceptors (Lipinski definition) is 12. The molecule has 0 bridgehead atoms. The van der Waals surface area contributed by atoms with Crippen molar-refractivity contribution >= 4 is 63.0 Å². The maximum atomic E-state index is 11.5. The molecule has 5 rings (SSSR count). The lowest BCUT2D eigenvalue weighted by molar-refractivity contribution is -0.385. The summed E-state index contributed by atoms with van der Waals surface area (Å²) in [6, 6.07) is 6.44. The van der Waals surface area contributed by atoms with Crippen molar-refractivity contribution in [3.8, 4) is 11.5 Å². The molecule has 2 aromatic carbocycles. The molecule has 13 nitrogen and oxygen atoms in total. The van der Waals surface area contributed by atoms with E-state index in [4.69, 9.17) is 25.8 Å². The third kappa shape index (κ3) is 5.65. The second-order valence-corrected chi connectivity index (χ2v) is 9.24. The van der Waals surface area contributed by atoms with Crippen LogP contribution in [0.4, 0.5) is 29.2 Å². The first-order valence-corrected chi connectivity index (χ1v) is 12.2. The van der Waals surface area contributed by atoms with Crippen molar-refractivity contribution < 1.29 is 19.1 Å². The summed E-state index contributed by atoms with van der Waals surface area (Å²) in [5.74, 6) is 1.51. The van der Waals surface area contributed by atoms with Crippen LogP contribution in [0.25, 0.3) is 0 Å². The number of nitro benzene ring substituents is 1. The molecule has 1 saturated heterocycles. The van der Waals surface area contributed by atoms with Crippen LogP contribution < -0.4 is 25.1 Å². The Morgan fingerprint density at radius 1 is 1.14 bits per heavy atom. The molecule has 3 aromatic rings. The first kappa shape index (κ1) is 24.9. The summed E-state index contributed by atoms with van der Waals surface area (Å²) in [4.78, 5) is 26.4. The summed E-state index contributed by atoms with van der Waals surface area (Å²) < 4.78 is 16.8. The van der Waals surface area contributed by atoms with Crippen LogP contribution in [-0.2, 0) is 4.74 Å². The SMILES string of the molecule is Cc1cc(Br)c(Nc2nc(N/N=C/c3cc4c(cc3[N+](=O)[O-])OCO4)nc(N3CCOCC3)n2)cc1Cl. The monoisotopic (exact) mass is 590 g/mol. The quantitative estimate of drug-likeness (QED) is 0.230. The average molecular weight is 592 g/mol. The van der Waals surface area contributed by atoms with E-state index >= 15 is 0 Å². The number of aryl methyl sites for hydroxylation is 1. The fraction of sp³-hybridized carbons (Fsp3) is 0.273. The fourth-order valence-corrected chi connectivity index (χ4v) is 4.33. The highest BCUT2D eigenvalue weighted by Gasteiger charge is 2.23. The predicted octanol–water partition coefficient (Wildman–Crippen LogP) is 4.26. The van der Waals surface area contributed by atoms with E-state index in [2.05, 4.69) is 46.7 Å². The molecule has 0 saturated carbocycles. The largest absolute Gasteiger partial charge is 0.454 e. The molecule has 0 unspecified atom stereocenters. The van der Waals surface area contributed by atoms with Gasteiger partial charge < -0.3 is 24.4 Å². The third-order valence-electron chi connectivity index (χ3n) is 5.50. The minimum atomic E-state index is -0.518. The van der Waals surface area contributed by atoms with E-state index in [-0.39, 0.29) is 29.9 Å². The Hall–Kier alpha value is -3.75. The Balaban J connectivity index is 1.44. The Labute approximate surface area is 224 Å². The molecule has 2 N–H and O–H groups in total. The number of nitrogens with one attached hydrogen (secondary N) is 2. The Morgan fingerprint density at radius 3 is 2.62 bits per heavy atom. The number of ether oxygens (including phenoxy) is 3. The van der Waals surface area contributed by atoms with Gasteiger partial charge in [-0.2, -0.15) is 20.1 Å². The lowest BCUT2D eigenvalue weighted by Gasteiger charge is -2.27. The van der Waals surface area contributed by atoms with Gasteiger partial charge in [0.2, 0.25) is 24.6 Å². The highest BCUT2D eigenvalue weighted by Crippen LogP contribution is 2.37. The van der Waals surface area contributed by atoms with Crippen LogP contribution in [0.3, 0.4) is 0 Å². The highest BCUT2D eigenvalue weighted by molar-refractivity contribution is 9.10. The number of rotatable bonds is 7. The standard InChI is InChI=1S/C22H20BrClN8O5/c1-12-6-14(23)16(8-15(12)24)26-20-27-21(29-22(28-20)31-2-4-35-5-3-31)30-25-10-13-7-18-19(37-11-36-18)9-17(13)32(33)34/h6-10H,2-5,11H2,1H3,(H2,26,27,28,29,30)/b25-10+. The number of morpholine rings is 1. The number of benzene rings is 2. The van der Waals surface area contributed by atoms with E-state index in [9.17, 15) is 10.1 Å². The summed E-state index contributed by atoms with van der Waals surface area (Å²) in [5.41, 5.74) is 4.37. The van der Waals surface area contributed by atoms with Gasteiger partial charge in [-0.1, -0.05) is 11.6 Å². The summed E-state index contributed by atoms with van der Waals surface area (Å²) in [6.07, 6.45) is 1.29. The number of nitro groups is 1. The number of hydrazone groups is 1. The zero-order valence-corrected chi connectivity index (χ0v) is 21.7. The molecular weight excluding hydrogens is 572 g/mol. The fourth-order valence-electron chi connectivity index (χ4n) is 3.61. The topological polar surface area (TPSA) is 149 Å². The van der Waals surface area contributed by atoms with Crippen LogP contribution >= 0.6 is 27.5 Å². The Kier molecular flexibility index (Phi) is 7.21. The van der Waals surface area contributed by atoms with Crippen LogP contribution in [0, 0.1) is 17.0 Å². The van der Waals surface area contributed by atoms with Crippen molar-refractivity contribution in [2.75, 3.05) is 48.7 Å². The van der Waals surface area contributed by atoms with Gasteiger partial charge in [0.25, 0.3) is 5.69 Å². The molecule has 0 amide bonds. The smallest absolute Gasteiger partial charge is 0.282 e. The average Bonchev–Trinajstić information content (AvgIpc) is 3.35. The third-order valence-corrected chi connectivity index (χ3v) is 6.56. The van der Waals surface area contributed by atoms with Crippen molar-refractivity contribution in [2.45, 2.75) is 6.92 Å². The maximum absolute atomic E-state index is 11.5. The van der Waals surface area contributed by atoms with Gasteiger partial charge in [-0.25, -0.2) is 5.43 Å². The minimum absolute atomic E-state index is 0.00140. The lowest BCUT2D eigenvalue weighted by Crippen LogP contribution is -2.37. The first-order valence-electron chi connectivity index (χ1n) is 11.1. The van der Waals surface area contributed by atoms with E-state index in [1.165, 1.54) is 18.3 Å². The van der Waals surface area contributed by atoms with Crippen LogP contribution in [0.2, 0.25) is 5.02 Å². The van der Waals surface area contributed by atoms with Crippen molar-refractivity contribution in [1.29, 1.82) is 0 Å². The van der Waals surface area contributed by atoms with Crippen LogP contribution in [0.5, 0.6) is 11.5 Å². The van der Waals surface area contributed by atoms with Crippen molar-refractivity contribution in [2.24, 2.45) is 5.10 Å². The number of aromatic nitrogens is 3. The van der Waals surface area contributed by atoms with E-state index in [0.29, 0.717) is 54.5 Å². The van der Waals surface area contributed by atoms with Crippen molar-refractivity contribution in [3.05, 3.63) is 55.0 Å². The lowest BCUT2D eigenvalue weighted by atomic mass is 10.1. The van der Waals surface area contributed by atoms with E-state index in [0.717, 1.165) is 10.0 Å². The van der Waals surface area contributed by atoms with Gasteiger partial charge in [0.05, 0.1) is 41.7 Å². The molecule has 0 radical (unpaired) electrons. The molecule has 37 heavy (non-hydrogen) atoms. The molecular formula is C22H20BrClN8O5. The molecule has 1 aromatic heterocycles. The van der Waals surface area contributed by atoms with E-state index in [1.54, 1.807) is 6.07 Å². The zero-order valence-electron chi connectivity index (χ0n) is 19.4. The van der Waals surface area contributed by atoms with Gasteiger partial charge in [-0.3, -0.25) is 10.1 Å². The number of halogens is 2. The van der Waals surface area contributed by atoms with E-state index < -0.39 is 4.92 Å². The zero-order chi connectivity index (χ0) is 25.9. The number of anilines is 4. The van der Waals surface area contributed by atoms with Gasteiger partial charge >= 0.3 is 0 Å². The van der Waals surface area contributed by atoms with Gasteiger partial charge in [0, 0.05) is 22.6 Å². The molecule has 192 valence electrons. The minimum Gasteiger partial charge on any atom is -0.454 e. The Morgan fingerprint density at radius 2 is 1.86 bits per heavy atom. The molecule has 0 spiro atoms. The summed E-state index contributed by atoms with van der Waals surface area (Å²) in [7, 11) is 0. The predicted molar refractivity (Wildman–Crippen MR) is 140 cm³/mol. The highest BCUT2D eigenvalue weighted by atomic mass is 79.9. The summed E-state index contributed by atoms with van der Waals surface area (Å²) in [6.45, 7) is 4.20. The number of hydrogen-bond donors (Lipinski definition) is 2. The summed E-state index contributed by atoms with van der Waals surface area (Å²) >= 11 is 9.83. The Bertz CT molecular complexity index is 1390. The normalized spacial score (nSPS) is 14.7. The van der Waals surface area contributed by atoms with Gasteiger partial charge in [-0.05, 0) is 46.6 Å². The number of fused-ring (bicyclic) bond motifs is 1. The molecule has 2 aliphatic rings. The molecule has 3 heterocycles. The first-order chi connectivity index (χ1) is 17.9. The molecule has 0 aliphatic carbocycles. The van der Waals surface area contributed by atoms with Crippen molar-refractivity contribution in [3.63, 3.8) is 0 Å². The second kappa shape index (κ2) is 10.7. The maximum Gasteiger partial charge on any atom is 0.282 e. The van der Waals surface area contributed by atoms with Gasteiger partial charge in [0.15, 0.2) is 11.5 Å². The van der Waals surface area contributed by atoms with Gasteiger partial charge in [0.1, 0.15) is 0 Å². The molecule has 0 atom stereocenters. The van der Waals surface area contributed by atoms with Crippen LogP contribution in [0.15, 0.2) is 33.8 Å². The van der Waals surface area contributed by atoms with Crippen molar-refractivity contribution in [1.82, 2.24) is 15.0 Å². The molecule has 2 aliphatic heterocycles. The summed E-state index contributed by atoms with van der Waals surface area (Å²) in [5, 5.41) is 19.4. The van der Waals surface area contributed by atoms with E-state index in [1.807, 2.05) is 17.9 Å². The second-order valence-electron chi connectivity index (χ2n) is 7.98. The molecule has 1 fully saturated rings. The molecule has 15 heteroatoms. The van der Waals surface area contributed by atoms with Crippen LogP contribution in [-0.4, -0.2) is 59.2 Å². The number of nitrogens with zero attached hydrogens (tertiary/aromatic N) is 6. The van der Waals surface area contributed by atoms with Gasteiger partial charge in [-0.15, -0.1) is 0 Å². The van der Waals surface area contributed by atoms with Crippen LogP contribution in [0.1, 0.15) is 11.1 Å².